The fraction of sp³-hybridized carbons (Fsp3) is 0.529. The van der Waals surface area contributed by atoms with Crippen molar-refractivity contribution in [2.75, 3.05) is 19.3 Å². The summed E-state index contributed by atoms with van der Waals surface area (Å²) >= 11 is 3.34. The van der Waals surface area contributed by atoms with Gasteiger partial charge in [0.2, 0.25) is 5.91 Å². The van der Waals surface area contributed by atoms with Crippen LogP contribution in [0.1, 0.15) is 25.8 Å². The number of halogens is 1. The molecule has 1 rings (SSSR count). The Balaban J connectivity index is 2.76. The number of hydrogen-bond donors (Lipinski definition) is 3. The Labute approximate surface area is 167 Å². The van der Waals surface area contributed by atoms with Crippen LogP contribution < -0.4 is 11.1 Å². The molecule has 3 unspecified atom stereocenters. The normalized spacial score (nSPS) is 15.4. The van der Waals surface area contributed by atoms with E-state index in [4.69, 9.17) is 15.0 Å². The van der Waals surface area contributed by atoms with E-state index >= 15 is 0 Å². The highest BCUT2D eigenvalue weighted by atomic mass is 79.9. The number of carbonyl (C=O) groups excluding carboxylic acids is 2. The maximum absolute atomic E-state index is 12.5. The van der Waals surface area contributed by atoms with Gasteiger partial charge in [0, 0.05) is 10.9 Å². The van der Waals surface area contributed by atoms with Gasteiger partial charge in [-0.25, -0.2) is 0 Å². The molecule has 0 radical (unpaired) electrons. The monoisotopic (exact) mass is 464 g/mol. The molecule has 0 fully saturated rings. The lowest BCUT2D eigenvalue weighted by Crippen LogP contribution is -2.36. The lowest BCUT2D eigenvalue weighted by molar-refractivity contribution is -0.143. The first-order valence-corrected chi connectivity index (χ1v) is 11.1. The molecule has 0 bridgehead atoms. The van der Waals surface area contributed by atoms with E-state index in [1.165, 1.54) is 6.92 Å². The van der Waals surface area contributed by atoms with Crippen LogP contribution in [0, 0.1) is 5.92 Å². The zero-order valence-electron chi connectivity index (χ0n) is 15.4. The minimum absolute atomic E-state index is 0.0382. The van der Waals surface area contributed by atoms with E-state index in [0.29, 0.717) is 0 Å². The zero-order valence-corrected chi connectivity index (χ0v) is 17.9. The van der Waals surface area contributed by atoms with Crippen LogP contribution in [0.4, 0.5) is 0 Å². The highest BCUT2D eigenvalue weighted by Gasteiger charge is 2.31. The van der Waals surface area contributed by atoms with Gasteiger partial charge in [-0.2, -0.15) is 0 Å². The summed E-state index contributed by atoms with van der Waals surface area (Å²) in [6.07, 6.45) is -0.792. The Kier molecular flexibility index (Phi) is 10.2. The average Bonchev–Trinajstić information content (AvgIpc) is 2.58. The second-order valence-electron chi connectivity index (χ2n) is 6.02. The van der Waals surface area contributed by atoms with E-state index in [0.717, 1.165) is 10.0 Å². The molecule has 0 aliphatic carbocycles. The first-order valence-electron chi connectivity index (χ1n) is 8.56. The summed E-state index contributed by atoms with van der Waals surface area (Å²) < 4.78 is 22.9. The van der Waals surface area contributed by atoms with Crippen LogP contribution in [0.3, 0.4) is 0 Å². The third-order valence-electron chi connectivity index (χ3n) is 3.50. The standard InChI is InChI=1S/C17H26BrN2O6P/c1-3-16(21)25-9-8-20-17(22)14(11-27(23,24)26-12(2)19)10-13-4-6-15(18)7-5-13/h4-7,12,14H,3,8-11,19H2,1-2H3,(H,20,22)(H,23,24). The number of nitrogens with two attached hydrogens (primary N) is 1. The second kappa shape index (κ2) is 11.6. The Morgan fingerprint density at radius 1 is 1.33 bits per heavy atom. The summed E-state index contributed by atoms with van der Waals surface area (Å²) in [6.45, 7) is 3.27. The van der Waals surface area contributed by atoms with Crippen molar-refractivity contribution in [2.45, 2.75) is 32.9 Å². The van der Waals surface area contributed by atoms with Gasteiger partial charge in [-0.3, -0.25) is 18.7 Å². The van der Waals surface area contributed by atoms with Gasteiger partial charge in [-0.1, -0.05) is 35.0 Å². The van der Waals surface area contributed by atoms with E-state index < -0.39 is 25.6 Å². The first kappa shape index (κ1) is 23.8. The van der Waals surface area contributed by atoms with Gasteiger partial charge in [0.1, 0.15) is 12.8 Å². The van der Waals surface area contributed by atoms with E-state index in [1.807, 2.05) is 24.3 Å². The van der Waals surface area contributed by atoms with Crippen molar-refractivity contribution in [1.29, 1.82) is 0 Å². The van der Waals surface area contributed by atoms with Crippen LogP contribution in [0.5, 0.6) is 0 Å². The largest absolute Gasteiger partial charge is 0.464 e. The molecule has 10 heteroatoms. The molecule has 0 heterocycles. The summed E-state index contributed by atoms with van der Waals surface area (Å²) in [5.41, 5.74) is 6.26. The van der Waals surface area contributed by atoms with Crippen LogP contribution in [0.2, 0.25) is 0 Å². The topological polar surface area (TPSA) is 128 Å². The first-order chi connectivity index (χ1) is 12.6. The zero-order chi connectivity index (χ0) is 20.4. The lowest BCUT2D eigenvalue weighted by atomic mass is 10.0. The van der Waals surface area contributed by atoms with Crippen molar-refractivity contribution in [1.82, 2.24) is 5.32 Å². The van der Waals surface area contributed by atoms with Crippen molar-refractivity contribution in [3.05, 3.63) is 34.3 Å². The van der Waals surface area contributed by atoms with E-state index in [1.54, 1.807) is 6.92 Å². The van der Waals surface area contributed by atoms with Crippen LogP contribution in [0.15, 0.2) is 28.7 Å². The molecule has 27 heavy (non-hydrogen) atoms. The van der Waals surface area contributed by atoms with Crippen LogP contribution in [0.25, 0.3) is 0 Å². The molecule has 0 saturated heterocycles. The molecule has 0 saturated carbocycles. The van der Waals surface area contributed by atoms with Gasteiger partial charge < -0.3 is 20.7 Å². The number of ether oxygens (including phenoxy) is 1. The summed E-state index contributed by atoms with van der Waals surface area (Å²) in [6, 6.07) is 7.29. The van der Waals surface area contributed by atoms with Crippen molar-refractivity contribution < 1.29 is 28.3 Å². The maximum atomic E-state index is 12.5. The van der Waals surface area contributed by atoms with E-state index in [2.05, 4.69) is 21.2 Å². The molecular formula is C17H26BrN2O6P. The molecule has 1 amide bonds. The fourth-order valence-electron chi connectivity index (χ4n) is 2.31. The maximum Gasteiger partial charge on any atom is 0.330 e. The molecule has 1 aromatic carbocycles. The Bertz CT molecular complexity index is 668. The summed E-state index contributed by atoms with van der Waals surface area (Å²) in [4.78, 5) is 33.6. The van der Waals surface area contributed by atoms with E-state index in [-0.39, 0.29) is 38.1 Å². The van der Waals surface area contributed by atoms with Gasteiger partial charge in [-0.05, 0) is 31.0 Å². The highest BCUT2D eigenvalue weighted by Crippen LogP contribution is 2.45. The van der Waals surface area contributed by atoms with Gasteiger partial charge in [-0.15, -0.1) is 0 Å². The molecule has 0 aliphatic rings. The molecule has 1 aromatic rings. The lowest BCUT2D eigenvalue weighted by Gasteiger charge is -2.21. The van der Waals surface area contributed by atoms with Crippen molar-refractivity contribution >= 4 is 35.4 Å². The predicted molar refractivity (Wildman–Crippen MR) is 105 cm³/mol. The molecule has 3 atom stereocenters. The summed E-state index contributed by atoms with van der Waals surface area (Å²) in [5, 5.41) is 2.63. The Morgan fingerprint density at radius 3 is 2.52 bits per heavy atom. The third-order valence-corrected chi connectivity index (χ3v) is 5.59. The average molecular weight is 465 g/mol. The Hall–Kier alpha value is -1.25. The third kappa shape index (κ3) is 10.0. The molecular weight excluding hydrogens is 439 g/mol. The van der Waals surface area contributed by atoms with Crippen molar-refractivity contribution in [3.63, 3.8) is 0 Å². The summed E-state index contributed by atoms with van der Waals surface area (Å²) in [7, 11) is -4.05. The van der Waals surface area contributed by atoms with Gasteiger partial charge in [0.05, 0.1) is 18.6 Å². The molecule has 8 nitrogen and oxygen atoms in total. The van der Waals surface area contributed by atoms with Crippen molar-refractivity contribution in [2.24, 2.45) is 11.7 Å². The number of amides is 1. The SMILES string of the molecule is CCC(=O)OCCNC(=O)C(Cc1ccc(Br)cc1)CP(=O)(O)OC(C)N. The number of hydrogen-bond acceptors (Lipinski definition) is 6. The fourth-order valence-corrected chi connectivity index (χ4v) is 4.03. The number of nitrogens with one attached hydrogen (secondary N) is 1. The van der Waals surface area contributed by atoms with Gasteiger partial charge in [0.25, 0.3) is 0 Å². The van der Waals surface area contributed by atoms with Gasteiger partial charge >= 0.3 is 13.6 Å². The highest BCUT2D eigenvalue weighted by molar-refractivity contribution is 9.10. The predicted octanol–water partition coefficient (Wildman–Crippen LogP) is 2.18. The number of esters is 1. The van der Waals surface area contributed by atoms with E-state index in [9.17, 15) is 19.0 Å². The second-order valence-corrected chi connectivity index (χ2v) is 8.79. The number of rotatable bonds is 11. The molecule has 152 valence electrons. The quantitative estimate of drug-likeness (QED) is 0.198. The summed E-state index contributed by atoms with van der Waals surface area (Å²) in [5.74, 6) is -1.59. The van der Waals surface area contributed by atoms with Crippen LogP contribution in [-0.4, -0.2) is 42.3 Å². The van der Waals surface area contributed by atoms with Gasteiger partial charge in [0.15, 0.2) is 0 Å². The number of benzene rings is 1. The molecule has 0 spiro atoms. The van der Waals surface area contributed by atoms with Crippen molar-refractivity contribution in [3.8, 4) is 0 Å². The molecule has 4 N–H and O–H groups in total. The minimum atomic E-state index is -4.05. The van der Waals surface area contributed by atoms with Crippen LogP contribution >= 0.6 is 23.5 Å². The molecule has 0 aromatic heterocycles. The smallest absolute Gasteiger partial charge is 0.330 e. The van der Waals surface area contributed by atoms with Crippen LogP contribution in [-0.2, 0) is 29.8 Å². The minimum Gasteiger partial charge on any atom is -0.464 e. The Morgan fingerprint density at radius 2 is 1.96 bits per heavy atom. The molecule has 0 aliphatic heterocycles. The number of carbonyl (C=O) groups is 2.